The Bertz CT molecular complexity index is 169. The molecule has 0 radical (unpaired) electrons. The number of aliphatic hydroxyl groups is 1. The Morgan fingerprint density at radius 1 is 1.75 bits per heavy atom. The standard InChI is InChI=1S/C5H5NO2/c7-5-3-1-2-4-6(5)8/h1-3H,4H2/p+1. The van der Waals surface area contributed by atoms with Crippen LogP contribution in [0.4, 0.5) is 0 Å². The molecule has 1 rings (SSSR count). The number of hydrogen-bond acceptors (Lipinski definition) is 2. The highest BCUT2D eigenvalue weighted by atomic mass is 16.4. The third-order valence-electron chi connectivity index (χ3n) is 0.908. The van der Waals surface area contributed by atoms with Gasteiger partial charge in [-0.3, -0.25) is 0 Å². The van der Waals surface area contributed by atoms with Crippen molar-refractivity contribution in [2.75, 3.05) is 6.54 Å². The number of aliphatic hydroxyl groups excluding tert-OH is 1. The van der Waals surface area contributed by atoms with Crippen LogP contribution in [0.5, 0.6) is 0 Å². The molecule has 0 fully saturated rings. The first kappa shape index (κ1) is 5.03. The number of hydrogen-bond donors (Lipinski definition) is 1. The molecule has 0 atom stereocenters. The van der Waals surface area contributed by atoms with Crippen LogP contribution in [0.1, 0.15) is 0 Å². The Hall–Kier alpha value is -1.12. The molecule has 0 aromatic carbocycles. The van der Waals surface area contributed by atoms with E-state index in [0.717, 1.165) is 0 Å². The van der Waals surface area contributed by atoms with E-state index in [1.807, 2.05) is 0 Å². The largest absolute Gasteiger partial charge is 0.457 e. The van der Waals surface area contributed by atoms with E-state index in [9.17, 15) is 4.91 Å². The Morgan fingerprint density at radius 2 is 2.50 bits per heavy atom. The topological polar surface area (TPSA) is 40.3 Å². The predicted molar refractivity (Wildman–Crippen MR) is 28.3 cm³/mol. The van der Waals surface area contributed by atoms with Gasteiger partial charge in [0.2, 0.25) is 6.54 Å². The summed E-state index contributed by atoms with van der Waals surface area (Å²) in [7, 11) is 0. The fourth-order valence-corrected chi connectivity index (χ4v) is 0.487. The Morgan fingerprint density at radius 3 is 2.88 bits per heavy atom. The number of allylic oxidation sites excluding steroid dienone is 2. The molecule has 0 aromatic heterocycles. The maximum atomic E-state index is 10.3. The second-order valence-corrected chi connectivity index (χ2v) is 1.51. The average Bonchev–Trinajstić information content (AvgIpc) is 1.77. The zero-order valence-corrected chi connectivity index (χ0v) is 4.24. The van der Waals surface area contributed by atoms with Crippen molar-refractivity contribution in [3.63, 3.8) is 0 Å². The normalized spacial score (nSPS) is 18.5. The summed E-state index contributed by atoms with van der Waals surface area (Å²) >= 11 is 0. The zero-order chi connectivity index (χ0) is 5.98. The van der Waals surface area contributed by atoms with Gasteiger partial charge in [0.25, 0.3) is 0 Å². The van der Waals surface area contributed by atoms with Gasteiger partial charge in [0.15, 0.2) is 0 Å². The summed E-state index contributed by atoms with van der Waals surface area (Å²) in [6.07, 6.45) is 4.67. The molecule has 8 heavy (non-hydrogen) atoms. The van der Waals surface area contributed by atoms with Crippen LogP contribution in [0.3, 0.4) is 0 Å². The monoisotopic (exact) mass is 112 g/mol. The van der Waals surface area contributed by atoms with Crippen LogP contribution < -0.4 is 0 Å². The van der Waals surface area contributed by atoms with E-state index < -0.39 is 0 Å². The minimum atomic E-state index is -0.215. The lowest BCUT2D eigenvalue weighted by Crippen LogP contribution is -2.09. The molecule has 3 heteroatoms. The number of rotatable bonds is 0. The molecule has 0 aliphatic carbocycles. The van der Waals surface area contributed by atoms with Crippen molar-refractivity contribution >= 4 is 0 Å². The van der Waals surface area contributed by atoms with E-state index in [2.05, 4.69) is 0 Å². The van der Waals surface area contributed by atoms with Crippen molar-refractivity contribution < 1.29 is 9.87 Å². The van der Waals surface area contributed by atoms with Gasteiger partial charge in [-0.05, 0) is 12.2 Å². The Kier molecular flexibility index (Phi) is 1.12. The molecular weight excluding hydrogens is 106 g/mol. The highest BCUT2D eigenvalue weighted by molar-refractivity contribution is 5.05. The van der Waals surface area contributed by atoms with Crippen molar-refractivity contribution in [1.29, 1.82) is 0 Å². The summed E-state index contributed by atoms with van der Waals surface area (Å²) in [6.45, 7) is 0.252. The molecule has 0 saturated carbocycles. The van der Waals surface area contributed by atoms with Crippen LogP contribution in [0.25, 0.3) is 0 Å². The van der Waals surface area contributed by atoms with Crippen molar-refractivity contribution in [1.82, 2.24) is 0 Å². The van der Waals surface area contributed by atoms with Gasteiger partial charge in [-0.25, -0.2) is 0 Å². The highest BCUT2D eigenvalue weighted by Gasteiger charge is 2.14. The first-order valence-corrected chi connectivity index (χ1v) is 2.31. The maximum absolute atomic E-state index is 10.3. The molecule has 0 bridgehead atoms. The summed E-state index contributed by atoms with van der Waals surface area (Å²) in [5, 5.41) is 8.60. The molecule has 42 valence electrons. The first-order valence-electron chi connectivity index (χ1n) is 2.31. The van der Waals surface area contributed by atoms with Crippen LogP contribution in [0.15, 0.2) is 24.1 Å². The lowest BCUT2D eigenvalue weighted by molar-refractivity contribution is -0.518. The van der Waals surface area contributed by atoms with Crippen molar-refractivity contribution in [2.24, 2.45) is 0 Å². The van der Waals surface area contributed by atoms with E-state index in [4.69, 9.17) is 5.11 Å². The van der Waals surface area contributed by atoms with Gasteiger partial charge in [0.05, 0.1) is 10.8 Å². The van der Waals surface area contributed by atoms with Crippen LogP contribution in [-0.4, -0.2) is 16.4 Å². The van der Waals surface area contributed by atoms with Crippen LogP contribution in [0, 0.1) is 4.91 Å². The van der Waals surface area contributed by atoms with E-state index >= 15 is 0 Å². The van der Waals surface area contributed by atoms with Gasteiger partial charge >= 0.3 is 5.88 Å². The average molecular weight is 112 g/mol. The van der Waals surface area contributed by atoms with Crippen LogP contribution >= 0.6 is 0 Å². The lowest BCUT2D eigenvalue weighted by atomic mass is 10.4. The van der Waals surface area contributed by atoms with E-state index in [-0.39, 0.29) is 12.4 Å². The molecule has 1 aliphatic heterocycles. The summed E-state index contributed by atoms with van der Waals surface area (Å²) in [5.74, 6) is -0.215. The molecule has 0 amide bonds. The number of nitroso groups, excluding NO2 is 1. The third-order valence-corrected chi connectivity index (χ3v) is 0.908. The fraction of sp³-hybridized carbons (Fsp3) is 0.200. The summed E-state index contributed by atoms with van der Waals surface area (Å²) in [4.78, 5) is 10.3. The second kappa shape index (κ2) is 1.78. The van der Waals surface area contributed by atoms with E-state index in [1.54, 1.807) is 12.2 Å². The zero-order valence-electron chi connectivity index (χ0n) is 4.24. The molecule has 1 heterocycles. The lowest BCUT2D eigenvalue weighted by Gasteiger charge is -1.88. The molecule has 1 N–H and O–H groups in total. The van der Waals surface area contributed by atoms with E-state index in [0.29, 0.717) is 4.76 Å². The van der Waals surface area contributed by atoms with Crippen LogP contribution in [-0.2, 0) is 0 Å². The predicted octanol–water partition coefficient (Wildman–Crippen LogP) is 0.734. The summed E-state index contributed by atoms with van der Waals surface area (Å²) < 4.78 is 0.514. The molecular formula is C5H6NO2+. The van der Waals surface area contributed by atoms with Gasteiger partial charge in [0.1, 0.15) is 0 Å². The second-order valence-electron chi connectivity index (χ2n) is 1.51. The van der Waals surface area contributed by atoms with Gasteiger partial charge < -0.3 is 5.11 Å². The fourth-order valence-electron chi connectivity index (χ4n) is 0.487. The third kappa shape index (κ3) is 0.753. The Balaban J connectivity index is 2.80. The van der Waals surface area contributed by atoms with Crippen molar-refractivity contribution in [2.45, 2.75) is 0 Å². The SMILES string of the molecule is O=[N+]1CC=CC=C1O. The summed E-state index contributed by atoms with van der Waals surface area (Å²) in [5.41, 5.74) is 0. The van der Waals surface area contributed by atoms with Gasteiger partial charge in [0, 0.05) is 4.91 Å². The molecule has 0 aromatic rings. The minimum Gasteiger partial charge on any atom is -0.457 e. The first-order chi connectivity index (χ1) is 3.80. The molecule has 3 nitrogen and oxygen atoms in total. The van der Waals surface area contributed by atoms with Crippen molar-refractivity contribution in [3.8, 4) is 0 Å². The van der Waals surface area contributed by atoms with Gasteiger partial charge in [-0.1, -0.05) is 0 Å². The maximum Gasteiger partial charge on any atom is 0.413 e. The number of nitrogens with zero attached hydrogens (tertiary/aromatic N) is 1. The quantitative estimate of drug-likeness (QED) is 0.469. The van der Waals surface area contributed by atoms with E-state index in [1.165, 1.54) is 6.08 Å². The molecule has 0 unspecified atom stereocenters. The minimum absolute atomic E-state index is 0.215. The highest BCUT2D eigenvalue weighted by Crippen LogP contribution is 1.96. The molecule has 1 aliphatic rings. The van der Waals surface area contributed by atoms with Crippen LogP contribution in [0.2, 0.25) is 0 Å². The smallest absolute Gasteiger partial charge is 0.413 e. The Labute approximate surface area is 46.5 Å². The molecule has 0 spiro atoms. The van der Waals surface area contributed by atoms with Gasteiger partial charge in [-0.15, -0.1) is 0 Å². The van der Waals surface area contributed by atoms with Crippen molar-refractivity contribution in [3.05, 3.63) is 29.0 Å². The van der Waals surface area contributed by atoms with Gasteiger partial charge in [-0.2, -0.15) is 0 Å². The summed E-state index contributed by atoms with van der Waals surface area (Å²) in [6, 6.07) is 0. The molecule has 0 saturated heterocycles.